The maximum atomic E-state index is 6.11. The molecule has 5 nitrogen and oxygen atoms in total. The first kappa shape index (κ1) is 17.2. The molecule has 1 aliphatic heterocycles. The minimum absolute atomic E-state index is 0.173. The van der Waals surface area contributed by atoms with Crippen LogP contribution in [0.1, 0.15) is 32.6 Å². The summed E-state index contributed by atoms with van der Waals surface area (Å²) in [5.41, 5.74) is 0. The molecule has 21 heavy (non-hydrogen) atoms. The first-order chi connectivity index (χ1) is 10.3. The Balaban J connectivity index is 1.69. The van der Waals surface area contributed by atoms with E-state index >= 15 is 0 Å². The highest BCUT2D eigenvalue weighted by Crippen LogP contribution is 2.29. The van der Waals surface area contributed by atoms with E-state index in [0.717, 1.165) is 52.0 Å². The summed E-state index contributed by atoms with van der Waals surface area (Å²) in [5, 5.41) is 3.55. The summed E-state index contributed by atoms with van der Waals surface area (Å²) in [5.74, 6) is 0.654. The highest BCUT2D eigenvalue weighted by Gasteiger charge is 2.42. The zero-order valence-electron chi connectivity index (χ0n) is 13.5. The van der Waals surface area contributed by atoms with Crippen molar-refractivity contribution in [2.24, 2.45) is 5.92 Å². The smallest absolute Gasteiger partial charge is 0.0991 e. The minimum Gasteiger partial charge on any atom is -0.382 e. The molecule has 0 amide bonds. The van der Waals surface area contributed by atoms with Crippen molar-refractivity contribution in [3.63, 3.8) is 0 Å². The lowest BCUT2D eigenvalue weighted by atomic mass is 9.84. The van der Waals surface area contributed by atoms with E-state index in [9.17, 15) is 0 Å². The van der Waals surface area contributed by atoms with Crippen LogP contribution in [0, 0.1) is 5.92 Å². The van der Waals surface area contributed by atoms with Gasteiger partial charge in [-0.1, -0.05) is 6.92 Å². The van der Waals surface area contributed by atoms with Crippen molar-refractivity contribution in [3.8, 4) is 0 Å². The van der Waals surface area contributed by atoms with Crippen LogP contribution in [-0.2, 0) is 18.9 Å². The van der Waals surface area contributed by atoms with E-state index < -0.39 is 0 Å². The second kappa shape index (κ2) is 9.74. The molecule has 3 atom stereocenters. The van der Waals surface area contributed by atoms with Gasteiger partial charge in [0.2, 0.25) is 0 Å². The standard InChI is InChI=1S/C16H31NO4/c1-3-6-17-14-11-15(16(14)20-10-9-18-2)21-12-13-4-7-19-8-5-13/h13-17H,3-12H2,1-2H3. The molecule has 0 bridgehead atoms. The molecule has 2 aliphatic rings. The molecule has 1 saturated carbocycles. The predicted molar refractivity (Wildman–Crippen MR) is 81.6 cm³/mol. The van der Waals surface area contributed by atoms with E-state index in [1.54, 1.807) is 7.11 Å². The van der Waals surface area contributed by atoms with Crippen LogP contribution < -0.4 is 5.32 Å². The highest BCUT2D eigenvalue weighted by atomic mass is 16.6. The number of ether oxygens (including phenoxy) is 4. The quantitative estimate of drug-likeness (QED) is 0.621. The van der Waals surface area contributed by atoms with E-state index in [1.807, 2.05) is 0 Å². The molecule has 0 aromatic carbocycles. The SMILES string of the molecule is CCCNC1CC(OCC2CCOCC2)C1OCCOC. The summed E-state index contributed by atoms with van der Waals surface area (Å²) in [6, 6.07) is 0.432. The average Bonchev–Trinajstić information content (AvgIpc) is 2.51. The van der Waals surface area contributed by atoms with E-state index in [0.29, 0.717) is 25.2 Å². The van der Waals surface area contributed by atoms with E-state index in [1.165, 1.54) is 0 Å². The molecule has 124 valence electrons. The second-order valence-corrected chi connectivity index (χ2v) is 6.05. The maximum absolute atomic E-state index is 6.11. The predicted octanol–water partition coefficient (Wildman–Crippen LogP) is 1.60. The van der Waals surface area contributed by atoms with Crippen LogP contribution >= 0.6 is 0 Å². The molecule has 3 unspecified atom stereocenters. The van der Waals surface area contributed by atoms with Gasteiger partial charge in [0.15, 0.2) is 0 Å². The third kappa shape index (κ3) is 5.49. The van der Waals surface area contributed by atoms with Crippen molar-refractivity contribution in [2.75, 3.05) is 46.7 Å². The molecule has 2 fully saturated rings. The lowest BCUT2D eigenvalue weighted by molar-refractivity contribution is -0.159. The van der Waals surface area contributed by atoms with Gasteiger partial charge in [0.25, 0.3) is 0 Å². The number of hydrogen-bond acceptors (Lipinski definition) is 5. The van der Waals surface area contributed by atoms with Crippen LogP contribution in [0.4, 0.5) is 0 Å². The minimum atomic E-state index is 0.173. The van der Waals surface area contributed by atoms with Gasteiger partial charge < -0.3 is 24.3 Å². The third-order valence-corrected chi connectivity index (χ3v) is 4.39. The van der Waals surface area contributed by atoms with Crippen LogP contribution in [0.2, 0.25) is 0 Å². The Kier molecular flexibility index (Phi) is 7.96. The lowest BCUT2D eigenvalue weighted by Crippen LogP contribution is -2.60. The molecule has 1 N–H and O–H groups in total. The molecular weight excluding hydrogens is 270 g/mol. The molecule has 0 aromatic heterocycles. The number of rotatable bonds is 10. The maximum Gasteiger partial charge on any atom is 0.0991 e. The molecule has 1 saturated heterocycles. The summed E-state index contributed by atoms with van der Waals surface area (Å²) >= 11 is 0. The molecule has 0 spiro atoms. The highest BCUT2D eigenvalue weighted by molar-refractivity contribution is 4.97. The summed E-state index contributed by atoms with van der Waals surface area (Å²) in [6.45, 7) is 7.12. The fraction of sp³-hybridized carbons (Fsp3) is 1.00. The van der Waals surface area contributed by atoms with Gasteiger partial charge in [0, 0.05) is 26.4 Å². The zero-order valence-corrected chi connectivity index (χ0v) is 13.5. The van der Waals surface area contributed by atoms with Crippen molar-refractivity contribution in [1.82, 2.24) is 5.32 Å². The van der Waals surface area contributed by atoms with Crippen LogP contribution in [0.25, 0.3) is 0 Å². The Labute approximate surface area is 128 Å². The van der Waals surface area contributed by atoms with Gasteiger partial charge in [-0.25, -0.2) is 0 Å². The average molecular weight is 301 g/mol. The van der Waals surface area contributed by atoms with Crippen molar-refractivity contribution in [1.29, 1.82) is 0 Å². The fourth-order valence-electron chi connectivity index (χ4n) is 2.94. The van der Waals surface area contributed by atoms with Gasteiger partial charge >= 0.3 is 0 Å². The summed E-state index contributed by atoms with van der Waals surface area (Å²) in [4.78, 5) is 0. The second-order valence-electron chi connectivity index (χ2n) is 6.05. The Hall–Kier alpha value is -0.200. The van der Waals surface area contributed by atoms with E-state index in [2.05, 4.69) is 12.2 Å². The van der Waals surface area contributed by atoms with E-state index in [-0.39, 0.29) is 12.2 Å². The lowest BCUT2D eigenvalue weighted by Gasteiger charge is -2.45. The van der Waals surface area contributed by atoms with Crippen LogP contribution in [-0.4, -0.2) is 64.9 Å². The van der Waals surface area contributed by atoms with Gasteiger partial charge in [0.05, 0.1) is 32.0 Å². The fourth-order valence-corrected chi connectivity index (χ4v) is 2.94. The van der Waals surface area contributed by atoms with Crippen LogP contribution in [0.5, 0.6) is 0 Å². The summed E-state index contributed by atoms with van der Waals surface area (Å²) in [6.07, 6.45) is 4.86. The summed E-state index contributed by atoms with van der Waals surface area (Å²) < 4.78 is 22.5. The van der Waals surface area contributed by atoms with Gasteiger partial charge in [-0.15, -0.1) is 0 Å². The van der Waals surface area contributed by atoms with Gasteiger partial charge in [-0.2, -0.15) is 0 Å². The number of nitrogens with one attached hydrogen (secondary N) is 1. The molecule has 2 rings (SSSR count). The normalized spacial score (nSPS) is 30.3. The molecular formula is C16H31NO4. The molecule has 0 aromatic rings. The Morgan fingerprint density at radius 3 is 2.67 bits per heavy atom. The van der Waals surface area contributed by atoms with Crippen LogP contribution in [0.3, 0.4) is 0 Å². The topological polar surface area (TPSA) is 49.0 Å². The van der Waals surface area contributed by atoms with E-state index in [4.69, 9.17) is 18.9 Å². The van der Waals surface area contributed by atoms with Gasteiger partial charge in [-0.05, 0) is 38.1 Å². The Bertz CT molecular complexity index is 271. The summed E-state index contributed by atoms with van der Waals surface area (Å²) in [7, 11) is 1.70. The zero-order chi connectivity index (χ0) is 14.9. The Morgan fingerprint density at radius 1 is 1.14 bits per heavy atom. The van der Waals surface area contributed by atoms with Crippen molar-refractivity contribution >= 4 is 0 Å². The van der Waals surface area contributed by atoms with Gasteiger partial charge in [-0.3, -0.25) is 0 Å². The molecule has 0 radical (unpaired) electrons. The van der Waals surface area contributed by atoms with Crippen molar-refractivity contribution in [3.05, 3.63) is 0 Å². The number of methoxy groups -OCH3 is 1. The Morgan fingerprint density at radius 2 is 1.95 bits per heavy atom. The first-order valence-electron chi connectivity index (χ1n) is 8.38. The first-order valence-corrected chi connectivity index (χ1v) is 8.38. The monoisotopic (exact) mass is 301 g/mol. The molecule has 1 aliphatic carbocycles. The third-order valence-electron chi connectivity index (χ3n) is 4.39. The van der Waals surface area contributed by atoms with Crippen molar-refractivity contribution < 1.29 is 18.9 Å². The molecule has 5 heteroatoms. The van der Waals surface area contributed by atoms with Crippen molar-refractivity contribution in [2.45, 2.75) is 50.9 Å². The largest absolute Gasteiger partial charge is 0.382 e. The van der Waals surface area contributed by atoms with Crippen LogP contribution in [0.15, 0.2) is 0 Å². The molecule has 1 heterocycles. The number of hydrogen-bond donors (Lipinski definition) is 1. The van der Waals surface area contributed by atoms with Gasteiger partial charge in [0.1, 0.15) is 0 Å².